The minimum Gasteiger partial charge on any atom is -0.481 e. The van der Waals surface area contributed by atoms with Crippen LogP contribution in [0.5, 0.6) is 0 Å². The summed E-state index contributed by atoms with van der Waals surface area (Å²) in [6.45, 7) is 3.93. The number of hydrogen-bond donors (Lipinski definition) is 2. The summed E-state index contributed by atoms with van der Waals surface area (Å²) in [5, 5.41) is 11.7. The molecule has 6 heteroatoms. The fraction of sp³-hybridized carbons (Fsp3) is 0.429. The molecule has 110 valence electrons. The predicted molar refractivity (Wildman–Crippen MR) is 82.0 cm³/mol. The van der Waals surface area contributed by atoms with Gasteiger partial charge in [0.1, 0.15) is 5.82 Å². The number of carboxylic acids is 1. The lowest BCUT2D eigenvalue weighted by Crippen LogP contribution is -2.34. The summed E-state index contributed by atoms with van der Waals surface area (Å²) < 4.78 is 13.5. The SMILES string of the molecule is CC(C)CC(CNC(=O)c1ccc(F)cc1I)C(=O)O. The maximum atomic E-state index is 13.0. The molecule has 0 aliphatic carbocycles. The second-order valence-corrected chi connectivity index (χ2v) is 6.16. The number of carboxylic acid groups (broad SMARTS) is 1. The Balaban J connectivity index is 2.68. The molecule has 0 heterocycles. The molecule has 4 nitrogen and oxygen atoms in total. The van der Waals surface area contributed by atoms with Gasteiger partial charge in [0.2, 0.25) is 0 Å². The molecule has 1 amide bonds. The van der Waals surface area contributed by atoms with Crippen molar-refractivity contribution in [2.24, 2.45) is 11.8 Å². The molecule has 1 aromatic carbocycles. The second-order valence-electron chi connectivity index (χ2n) is 5.00. The fourth-order valence-electron chi connectivity index (χ4n) is 1.83. The molecule has 1 rings (SSSR count). The van der Waals surface area contributed by atoms with Gasteiger partial charge in [-0.05, 0) is 53.1 Å². The number of benzene rings is 1. The van der Waals surface area contributed by atoms with Crippen LogP contribution >= 0.6 is 22.6 Å². The van der Waals surface area contributed by atoms with Gasteiger partial charge in [0.25, 0.3) is 5.91 Å². The van der Waals surface area contributed by atoms with Crippen molar-refractivity contribution in [1.29, 1.82) is 0 Å². The van der Waals surface area contributed by atoms with Crippen LogP contribution < -0.4 is 5.32 Å². The lowest BCUT2D eigenvalue weighted by molar-refractivity contribution is -0.142. The Bertz CT molecular complexity index is 505. The number of rotatable bonds is 6. The van der Waals surface area contributed by atoms with Gasteiger partial charge in [-0.3, -0.25) is 9.59 Å². The topological polar surface area (TPSA) is 66.4 Å². The molecular weight excluding hydrogens is 376 g/mol. The third kappa shape index (κ3) is 5.07. The Labute approximate surface area is 130 Å². The molecule has 2 N–H and O–H groups in total. The molecule has 0 aliphatic heterocycles. The van der Waals surface area contributed by atoms with Crippen molar-refractivity contribution >= 4 is 34.5 Å². The molecule has 0 aromatic heterocycles. The van der Waals surface area contributed by atoms with E-state index in [2.05, 4.69) is 5.32 Å². The van der Waals surface area contributed by atoms with Crippen molar-refractivity contribution in [3.05, 3.63) is 33.1 Å². The van der Waals surface area contributed by atoms with E-state index in [0.717, 1.165) is 0 Å². The Hall–Kier alpha value is -1.18. The fourth-order valence-corrected chi connectivity index (χ4v) is 2.55. The first-order chi connectivity index (χ1) is 9.31. The van der Waals surface area contributed by atoms with Crippen molar-refractivity contribution in [2.45, 2.75) is 20.3 Å². The summed E-state index contributed by atoms with van der Waals surface area (Å²) in [5.74, 6) is -2.10. The van der Waals surface area contributed by atoms with Crippen molar-refractivity contribution in [3.8, 4) is 0 Å². The highest BCUT2D eigenvalue weighted by atomic mass is 127. The van der Waals surface area contributed by atoms with Crippen LogP contribution in [-0.4, -0.2) is 23.5 Å². The van der Waals surface area contributed by atoms with E-state index < -0.39 is 17.7 Å². The van der Waals surface area contributed by atoms with E-state index in [9.17, 15) is 14.0 Å². The summed E-state index contributed by atoms with van der Waals surface area (Å²) in [4.78, 5) is 23.1. The summed E-state index contributed by atoms with van der Waals surface area (Å²) in [6, 6.07) is 3.86. The van der Waals surface area contributed by atoms with Crippen LogP contribution in [0.4, 0.5) is 4.39 Å². The van der Waals surface area contributed by atoms with Crippen LogP contribution in [0.1, 0.15) is 30.6 Å². The van der Waals surface area contributed by atoms with E-state index in [4.69, 9.17) is 5.11 Å². The second kappa shape index (κ2) is 7.56. The number of amides is 1. The standard InChI is InChI=1S/C14H17FINO3/c1-8(2)5-9(14(19)20)7-17-13(18)11-4-3-10(15)6-12(11)16/h3-4,6,8-9H,5,7H2,1-2H3,(H,17,18)(H,19,20). The summed E-state index contributed by atoms with van der Waals surface area (Å²) in [6.07, 6.45) is 0.496. The molecule has 1 unspecified atom stereocenters. The van der Waals surface area contributed by atoms with Crippen LogP contribution in [-0.2, 0) is 4.79 Å². The lowest BCUT2D eigenvalue weighted by Gasteiger charge is -2.15. The van der Waals surface area contributed by atoms with Gasteiger partial charge in [-0.25, -0.2) is 4.39 Å². The van der Waals surface area contributed by atoms with E-state index in [1.165, 1.54) is 18.2 Å². The van der Waals surface area contributed by atoms with Gasteiger partial charge in [-0.2, -0.15) is 0 Å². The predicted octanol–water partition coefficient (Wildman–Crippen LogP) is 2.91. The summed E-state index contributed by atoms with van der Waals surface area (Å²) in [7, 11) is 0. The molecule has 0 radical (unpaired) electrons. The number of hydrogen-bond acceptors (Lipinski definition) is 2. The highest BCUT2D eigenvalue weighted by Gasteiger charge is 2.20. The Morgan fingerprint density at radius 2 is 2.05 bits per heavy atom. The van der Waals surface area contributed by atoms with E-state index in [0.29, 0.717) is 15.6 Å². The minimum atomic E-state index is -0.923. The van der Waals surface area contributed by atoms with Crippen molar-refractivity contribution in [3.63, 3.8) is 0 Å². The molecule has 0 bridgehead atoms. The van der Waals surface area contributed by atoms with Gasteiger partial charge in [-0.1, -0.05) is 13.8 Å². The van der Waals surface area contributed by atoms with Gasteiger partial charge >= 0.3 is 5.97 Å². The Morgan fingerprint density at radius 3 is 2.55 bits per heavy atom. The van der Waals surface area contributed by atoms with Gasteiger partial charge in [-0.15, -0.1) is 0 Å². The molecule has 1 aromatic rings. The highest BCUT2D eigenvalue weighted by Crippen LogP contribution is 2.15. The third-order valence-electron chi connectivity index (χ3n) is 2.79. The maximum Gasteiger partial charge on any atom is 0.308 e. The van der Waals surface area contributed by atoms with E-state index in [1.807, 2.05) is 36.4 Å². The largest absolute Gasteiger partial charge is 0.481 e. The van der Waals surface area contributed by atoms with Crippen molar-refractivity contribution in [1.82, 2.24) is 5.32 Å². The number of aliphatic carboxylic acids is 1. The molecule has 1 atom stereocenters. The van der Waals surface area contributed by atoms with Gasteiger partial charge in [0.15, 0.2) is 0 Å². The maximum absolute atomic E-state index is 13.0. The molecule has 0 fully saturated rings. The quantitative estimate of drug-likeness (QED) is 0.731. The summed E-state index contributed by atoms with van der Waals surface area (Å²) in [5.41, 5.74) is 0.348. The average molecular weight is 393 g/mol. The molecule has 0 aliphatic rings. The van der Waals surface area contributed by atoms with Crippen molar-refractivity contribution < 1.29 is 19.1 Å². The van der Waals surface area contributed by atoms with E-state index in [1.54, 1.807) is 0 Å². The van der Waals surface area contributed by atoms with Gasteiger partial charge in [0, 0.05) is 10.1 Å². The van der Waals surface area contributed by atoms with Crippen molar-refractivity contribution in [2.75, 3.05) is 6.54 Å². The number of carbonyl (C=O) groups excluding carboxylic acids is 1. The zero-order chi connectivity index (χ0) is 15.3. The minimum absolute atomic E-state index is 0.0692. The first kappa shape index (κ1) is 16.9. The Kier molecular flexibility index (Phi) is 6.38. The molecule has 0 saturated carbocycles. The molecule has 0 saturated heterocycles. The highest BCUT2D eigenvalue weighted by molar-refractivity contribution is 14.1. The zero-order valence-corrected chi connectivity index (χ0v) is 13.5. The summed E-state index contributed by atoms with van der Waals surface area (Å²) >= 11 is 1.87. The van der Waals surface area contributed by atoms with Gasteiger partial charge in [0.05, 0.1) is 11.5 Å². The number of nitrogens with one attached hydrogen (secondary N) is 1. The smallest absolute Gasteiger partial charge is 0.308 e. The number of halogens is 2. The Morgan fingerprint density at radius 1 is 1.40 bits per heavy atom. The molecule has 0 spiro atoms. The van der Waals surface area contributed by atoms with Crippen LogP contribution in [0.2, 0.25) is 0 Å². The van der Waals surface area contributed by atoms with Gasteiger partial charge < -0.3 is 10.4 Å². The lowest BCUT2D eigenvalue weighted by atomic mass is 9.97. The molecular formula is C14H17FINO3. The van der Waals surface area contributed by atoms with Crippen LogP contribution in [0.25, 0.3) is 0 Å². The van der Waals surface area contributed by atoms with E-state index in [-0.39, 0.29) is 18.4 Å². The third-order valence-corrected chi connectivity index (χ3v) is 3.68. The molecule has 20 heavy (non-hydrogen) atoms. The first-order valence-corrected chi connectivity index (χ1v) is 7.35. The normalized spacial score (nSPS) is 12.2. The monoisotopic (exact) mass is 393 g/mol. The average Bonchev–Trinajstić information content (AvgIpc) is 2.33. The zero-order valence-electron chi connectivity index (χ0n) is 11.3. The number of carbonyl (C=O) groups is 2. The van der Waals surface area contributed by atoms with Crippen LogP contribution in [0.15, 0.2) is 18.2 Å². The first-order valence-electron chi connectivity index (χ1n) is 6.27. The van der Waals surface area contributed by atoms with Crippen LogP contribution in [0, 0.1) is 21.2 Å². The van der Waals surface area contributed by atoms with Crippen LogP contribution in [0.3, 0.4) is 0 Å². The van der Waals surface area contributed by atoms with E-state index >= 15 is 0 Å².